The van der Waals surface area contributed by atoms with Gasteiger partial charge in [-0.3, -0.25) is 4.79 Å². The van der Waals surface area contributed by atoms with Crippen LogP contribution in [-0.2, 0) is 4.79 Å². The number of rotatable bonds is 3. The lowest BCUT2D eigenvalue weighted by Gasteiger charge is -2.35. The highest BCUT2D eigenvalue weighted by Crippen LogP contribution is 2.43. The quantitative estimate of drug-likeness (QED) is 0.705. The van der Waals surface area contributed by atoms with E-state index in [9.17, 15) is 18.0 Å². The lowest BCUT2D eigenvalue weighted by molar-refractivity contribution is -0.182. The van der Waals surface area contributed by atoms with Gasteiger partial charge in [0, 0.05) is 36.7 Å². The van der Waals surface area contributed by atoms with E-state index in [0.29, 0.717) is 25.3 Å². The first-order valence-electron chi connectivity index (χ1n) is 10.4. The first-order valence-corrected chi connectivity index (χ1v) is 10.4. The number of piperidine rings is 1. The molecule has 1 saturated carbocycles. The highest BCUT2D eigenvalue weighted by atomic mass is 19.4. The molecule has 3 heterocycles. The first kappa shape index (κ1) is 20.2. The van der Waals surface area contributed by atoms with E-state index in [4.69, 9.17) is 5.10 Å². The highest BCUT2D eigenvalue weighted by Gasteiger charge is 2.42. The van der Waals surface area contributed by atoms with Crippen LogP contribution in [0.4, 0.5) is 13.2 Å². The molecule has 1 amide bonds. The fraction of sp³-hybridized carbons (Fsp3) is 0.667. The van der Waals surface area contributed by atoms with Crippen LogP contribution >= 0.6 is 0 Å². The Labute approximate surface area is 168 Å². The summed E-state index contributed by atoms with van der Waals surface area (Å²) in [6.45, 7) is 5.54. The number of halogens is 3. The number of fused-ring (bicyclic) bond motifs is 1. The second-order valence-corrected chi connectivity index (χ2v) is 8.72. The smallest absolute Gasteiger partial charge is 0.345 e. The number of hydrogen-bond donors (Lipinski definition) is 0. The van der Waals surface area contributed by atoms with Gasteiger partial charge in [-0.15, -0.1) is 0 Å². The minimum absolute atomic E-state index is 0.0405. The van der Waals surface area contributed by atoms with Crippen molar-refractivity contribution in [1.82, 2.24) is 19.5 Å². The molecule has 29 heavy (non-hydrogen) atoms. The second-order valence-electron chi connectivity index (χ2n) is 8.72. The maximum absolute atomic E-state index is 13.0. The fourth-order valence-electron chi connectivity index (χ4n) is 4.90. The number of aromatic nitrogens is 3. The van der Waals surface area contributed by atoms with E-state index in [1.807, 2.05) is 23.6 Å². The van der Waals surface area contributed by atoms with E-state index < -0.39 is 12.1 Å². The van der Waals surface area contributed by atoms with Crippen molar-refractivity contribution in [2.24, 2.45) is 11.8 Å². The van der Waals surface area contributed by atoms with Crippen molar-refractivity contribution in [3.63, 3.8) is 0 Å². The van der Waals surface area contributed by atoms with Crippen LogP contribution in [-0.4, -0.2) is 45.2 Å². The molecule has 0 radical (unpaired) electrons. The van der Waals surface area contributed by atoms with E-state index in [0.717, 1.165) is 42.1 Å². The van der Waals surface area contributed by atoms with E-state index in [1.54, 1.807) is 4.90 Å². The van der Waals surface area contributed by atoms with Crippen LogP contribution in [0.25, 0.3) is 5.65 Å². The highest BCUT2D eigenvalue weighted by molar-refractivity contribution is 5.48. The van der Waals surface area contributed by atoms with E-state index in [1.165, 1.54) is 0 Å². The van der Waals surface area contributed by atoms with Crippen molar-refractivity contribution in [3.8, 4) is 0 Å². The van der Waals surface area contributed by atoms with Gasteiger partial charge in [0.05, 0.1) is 17.3 Å². The summed E-state index contributed by atoms with van der Waals surface area (Å²) in [5.41, 5.74) is 3.49. The monoisotopic (exact) mass is 408 g/mol. The van der Waals surface area contributed by atoms with Gasteiger partial charge in [-0.1, -0.05) is 6.92 Å². The topological polar surface area (TPSA) is 50.5 Å². The Hall–Kier alpha value is -2.12. The summed E-state index contributed by atoms with van der Waals surface area (Å²) in [6, 6.07) is 3.96. The summed E-state index contributed by atoms with van der Waals surface area (Å²) < 4.78 is 40.8. The van der Waals surface area contributed by atoms with Gasteiger partial charge in [0.15, 0.2) is 5.65 Å². The van der Waals surface area contributed by atoms with Gasteiger partial charge in [0.2, 0.25) is 6.41 Å². The molecule has 0 unspecified atom stereocenters. The molecule has 2 atom stereocenters. The molecule has 1 aliphatic carbocycles. The van der Waals surface area contributed by atoms with Gasteiger partial charge >= 0.3 is 6.18 Å². The molecule has 2 fully saturated rings. The van der Waals surface area contributed by atoms with E-state index in [-0.39, 0.29) is 24.7 Å². The SMILES string of the molecule is Cc1cc([C@H]2CN(C=O)CC[C@@H]2C)n2nc(C3CCC(C(F)(F)F)CC3)cc2n1. The summed E-state index contributed by atoms with van der Waals surface area (Å²) in [5.74, 6) is -0.583. The van der Waals surface area contributed by atoms with Gasteiger partial charge in [-0.2, -0.15) is 18.3 Å². The minimum atomic E-state index is -4.10. The molecule has 2 aliphatic rings. The average Bonchev–Trinajstić information content (AvgIpc) is 3.11. The van der Waals surface area contributed by atoms with Crippen molar-refractivity contribution < 1.29 is 18.0 Å². The van der Waals surface area contributed by atoms with Gasteiger partial charge in [0.25, 0.3) is 0 Å². The molecule has 2 aromatic rings. The zero-order chi connectivity index (χ0) is 20.8. The third-order valence-corrected chi connectivity index (χ3v) is 6.73. The summed E-state index contributed by atoms with van der Waals surface area (Å²) in [7, 11) is 0. The van der Waals surface area contributed by atoms with Crippen LogP contribution in [0.2, 0.25) is 0 Å². The predicted octanol–water partition coefficient (Wildman–Crippen LogP) is 4.46. The number of carbonyl (C=O) groups is 1. The molecule has 0 N–H and O–H groups in total. The van der Waals surface area contributed by atoms with Crippen molar-refractivity contribution in [2.45, 2.75) is 64.0 Å². The lowest BCUT2D eigenvalue weighted by atomic mass is 9.80. The minimum Gasteiger partial charge on any atom is -0.345 e. The van der Waals surface area contributed by atoms with Crippen LogP contribution in [0.5, 0.6) is 0 Å². The van der Waals surface area contributed by atoms with Crippen molar-refractivity contribution in [3.05, 3.63) is 29.2 Å². The Kier molecular flexibility index (Phi) is 5.29. The molecule has 0 bridgehead atoms. The molecular weight excluding hydrogens is 381 g/mol. The maximum atomic E-state index is 13.0. The first-order chi connectivity index (χ1) is 13.8. The molecule has 2 aromatic heterocycles. The molecule has 158 valence electrons. The van der Waals surface area contributed by atoms with Crippen LogP contribution < -0.4 is 0 Å². The van der Waals surface area contributed by atoms with Gasteiger partial charge in [-0.25, -0.2) is 9.50 Å². The molecule has 1 aliphatic heterocycles. The number of alkyl halides is 3. The normalized spacial score (nSPS) is 28.7. The molecular formula is C21H27F3N4O. The number of amides is 1. The summed E-state index contributed by atoms with van der Waals surface area (Å²) in [6.07, 6.45) is -0.941. The largest absolute Gasteiger partial charge is 0.391 e. The van der Waals surface area contributed by atoms with Crippen molar-refractivity contribution in [2.75, 3.05) is 13.1 Å². The van der Waals surface area contributed by atoms with Crippen molar-refractivity contribution in [1.29, 1.82) is 0 Å². The standard InChI is InChI=1S/C21H27F3N4O/c1-13-7-8-27(12-29)11-17(13)19-9-14(2)25-20-10-18(26-28(19)20)15-3-5-16(6-4-15)21(22,23)24/h9-10,12-13,15-17H,3-8,11H2,1-2H3/t13-,15?,16?,17-/m0/s1. The summed E-state index contributed by atoms with van der Waals surface area (Å²) in [4.78, 5) is 17.7. The third kappa shape index (κ3) is 3.98. The Balaban J connectivity index is 1.63. The zero-order valence-electron chi connectivity index (χ0n) is 16.8. The van der Waals surface area contributed by atoms with Gasteiger partial charge in [0.1, 0.15) is 0 Å². The van der Waals surface area contributed by atoms with E-state index in [2.05, 4.69) is 11.9 Å². The maximum Gasteiger partial charge on any atom is 0.391 e. The van der Waals surface area contributed by atoms with Crippen LogP contribution in [0, 0.1) is 18.8 Å². The van der Waals surface area contributed by atoms with E-state index >= 15 is 0 Å². The molecule has 0 aromatic carbocycles. The van der Waals surface area contributed by atoms with Gasteiger partial charge < -0.3 is 4.90 Å². The lowest BCUT2D eigenvalue weighted by Crippen LogP contribution is -2.38. The Morgan fingerprint density at radius 2 is 1.86 bits per heavy atom. The molecule has 4 rings (SSSR count). The van der Waals surface area contributed by atoms with Crippen LogP contribution in [0.15, 0.2) is 12.1 Å². The van der Waals surface area contributed by atoms with Gasteiger partial charge in [-0.05, 0) is 51.0 Å². The molecule has 8 heteroatoms. The average molecular weight is 408 g/mol. The predicted molar refractivity (Wildman–Crippen MR) is 103 cm³/mol. The number of likely N-dealkylation sites (tertiary alicyclic amines) is 1. The van der Waals surface area contributed by atoms with Crippen molar-refractivity contribution >= 4 is 12.1 Å². The number of aryl methyl sites for hydroxylation is 1. The molecule has 0 spiro atoms. The van der Waals surface area contributed by atoms with Crippen LogP contribution in [0.3, 0.4) is 0 Å². The molecule has 1 saturated heterocycles. The zero-order valence-corrected chi connectivity index (χ0v) is 16.8. The number of nitrogens with zero attached hydrogens (tertiary/aromatic N) is 4. The Morgan fingerprint density at radius 1 is 1.14 bits per heavy atom. The third-order valence-electron chi connectivity index (χ3n) is 6.73. The Morgan fingerprint density at radius 3 is 2.52 bits per heavy atom. The van der Waals surface area contributed by atoms with Crippen LogP contribution in [0.1, 0.15) is 67.9 Å². The number of carbonyl (C=O) groups excluding carboxylic acids is 1. The fourth-order valence-corrected chi connectivity index (χ4v) is 4.90. The summed E-state index contributed by atoms with van der Waals surface area (Å²) in [5, 5.41) is 4.79. The second kappa shape index (κ2) is 7.61. The number of hydrogen-bond acceptors (Lipinski definition) is 3. The summed E-state index contributed by atoms with van der Waals surface area (Å²) >= 11 is 0. The molecule has 5 nitrogen and oxygen atoms in total. The Bertz CT molecular complexity index is 886.